The van der Waals surface area contributed by atoms with Crippen molar-refractivity contribution in [1.82, 2.24) is 4.90 Å². The van der Waals surface area contributed by atoms with Gasteiger partial charge in [0, 0.05) is 31.3 Å². The molecule has 0 bridgehead atoms. The highest BCUT2D eigenvalue weighted by atomic mass is 16.6. The summed E-state index contributed by atoms with van der Waals surface area (Å²) >= 11 is 0. The Kier molecular flexibility index (Phi) is 5.68. The molecule has 0 aromatic heterocycles. The van der Waals surface area contributed by atoms with Crippen molar-refractivity contribution in [2.75, 3.05) is 13.7 Å². The first kappa shape index (κ1) is 17.2. The molecular formula is C18H18N2O4. The summed E-state index contributed by atoms with van der Waals surface area (Å²) in [6.45, 7) is 4.41. The lowest BCUT2D eigenvalue weighted by atomic mass is 10.1. The van der Waals surface area contributed by atoms with Crippen LogP contribution >= 0.6 is 0 Å². The standard InChI is InChI=1S/C18H18N2O4/c1-3-11-24-17-9-7-14(8-10-17)13-19(2)18(21)15-5-4-6-16(12-15)20(22)23/h3-10,12H,1,11,13H2,2H3. The Morgan fingerprint density at radius 1 is 1.29 bits per heavy atom. The number of carbonyl (C=O) groups excluding carboxylic acids is 1. The average Bonchev–Trinajstić information content (AvgIpc) is 2.60. The Balaban J connectivity index is 2.04. The third-order valence-corrected chi connectivity index (χ3v) is 3.36. The molecule has 0 N–H and O–H groups in total. The highest BCUT2D eigenvalue weighted by Gasteiger charge is 2.15. The van der Waals surface area contributed by atoms with Crippen LogP contribution in [0.15, 0.2) is 61.2 Å². The maximum Gasteiger partial charge on any atom is 0.270 e. The zero-order valence-electron chi connectivity index (χ0n) is 13.3. The van der Waals surface area contributed by atoms with Gasteiger partial charge in [0.05, 0.1) is 4.92 Å². The van der Waals surface area contributed by atoms with Gasteiger partial charge in [0.15, 0.2) is 0 Å². The Hall–Kier alpha value is -3.15. The minimum Gasteiger partial charge on any atom is -0.490 e. The summed E-state index contributed by atoms with van der Waals surface area (Å²) in [7, 11) is 1.66. The first-order valence-electron chi connectivity index (χ1n) is 7.34. The fraction of sp³-hybridized carbons (Fsp3) is 0.167. The predicted octanol–water partition coefficient (Wildman–Crippen LogP) is 3.43. The molecule has 2 aromatic carbocycles. The summed E-state index contributed by atoms with van der Waals surface area (Å²) in [6, 6.07) is 13.1. The van der Waals surface area contributed by atoms with E-state index in [9.17, 15) is 14.9 Å². The third-order valence-electron chi connectivity index (χ3n) is 3.36. The van der Waals surface area contributed by atoms with E-state index in [1.807, 2.05) is 24.3 Å². The number of hydrogen-bond acceptors (Lipinski definition) is 4. The smallest absolute Gasteiger partial charge is 0.270 e. The fourth-order valence-electron chi connectivity index (χ4n) is 2.16. The monoisotopic (exact) mass is 326 g/mol. The zero-order valence-corrected chi connectivity index (χ0v) is 13.3. The SMILES string of the molecule is C=CCOc1ccc(CN(C)C(=O)c2cccc([N+](=O)[O-])c2)cc1. The van der Waals surface area contributed by atoms with E-state index < -0.39 is 4.92 Å². The Morgan fingerprint density at radius 3 is 2.62 bits per heavy atom. The summed E-state index contributed by atoms with van der Waals surface area (Å²) in [5.41, 5.74) is 1.12. The number of carbonyl (C=O) groups is 1. The number of nitrogens with zero attached hydrogens (tertiary/aromatic N) is 2. The molecule has 0 saturated carbocycles. The van der Waals surface area contributed by atoms with E-state index >= 15 is 0 Å². The second-order valence-corrected chi connectivity index (χ2v) is 5.21. The van der Waals surface area contributed by atoms with E-state index in [0.29, 0.717) is 13.2 Å². The van der Waals surface area contributed by atoms with Gasteiger partial charge in [-0.3, -0.25) is 14.9 Å². The van der Waals surface area contributed by atoms with Crippen LogP contribution in [0.3, 0.4) is 0 Å². The molecule has 6 nitrogen and oxygen atoms in total. The summed E-state index contributed by atoms with van der Waals surface area (Å²) in [6.07, 6.45) is 1.67. The quantitative estimate of drug-likeness (QED) is 0.444. The minimum absolute atomic E-state index is 0.0991. The Labute approximate surface area is 140 Å². The highest BCUT2D eigenvalue weighted by Crippen LogP contribution is 2.17. The van der Waals surface area contributed by atoms with E-state index in [1.54, 1.807) is 19.2 Å². The van der Waals surface area contributed by atoms with Gasteiger partial charge < -0.3 is 9.64 Å². The number of rotatable bonds is 7. The van der Waals surface area contributed by atoms with Crippen molar-refractivity contribution in [2.45, 2.75) is 6.54 Å². The molecule has 0 heterocycles. The Bertz CT molecular complexity index is 741. The molecule has 0 aliphatic carbocycles. The maximum absolute atomic E-state index is 12.4. The van der Waals surface area contributed by atoms with Gasteiger partial charge in [0.1, 0.15) is 12.4 Å². The first-order chi connectivity index (χ1) is 11.5. The molecule has 0 aliphatic heterocycles. The van der Waals surface area contributed by atoms with Crippen molar-refractivity contribution in [3.05, 3.63) is 82.4 Å². The molecule has 0 aliphatic rings. The molecule has 0 atom stereocenters. The second-order valence-electron chi connectivity index (χ2n) is 5.21. The van der Waals surface area contributed by atoms with Crippen LogP contribution in [0.5, 0.6) is 5.75 Å². The zero-order chi connectivity index (χ0) is 17.5. The van der Waals surface area contributed by atoms with Crippen molar-refractivity contribution in [3.63, 3.8) is 0 Å². The topological polar surface area (TPSA) is 72.7 Å². The van der Waals surface area contributed by atoms with Crippen LogP contribution < -0.4 is 4.74 Å². The van der Waals surface area contributed by atoms with Crippen LogP contribution in [0.2, 0.25) is 0 Å². The molecule has 24 heavy (non-hydrogen) atoms. The molecule has 0 radical (unpaired) electrons. The van der Waals surface area contributed by atoms with Gasteiger partial charge in [-0.15, -0.1) is 0 Å². The predicted molar refractivity (Wildman–Crippen MR) is 91.0 cm³/mol. The summed E-state index contributed by atoms with van der Waals surface area (Å²) in [5, 5.41) is 10.8. The number of amides is 1. The number of benzene rings is 2. The minimum atomic E-state index is -0.515. The molecule has 6 heteroatoms. The number of non-ortho nitro benzene ring substituents is 1. The molecule has 0 unspecified atom stereocenters. The lowest BCUT2D eigenvalue weighted by Gasteiger charge is -2.17. The van der Waals surface area contributed by atoms with Crippen molar-refractivity contribution in [2.24, 2.45) is 0 Å². The largest absolute Gasteiger partial charge is 0.490 e. The molecule has 2 rings (SSSR count). The molecule has 0 fully saturated rings. The fourth-order valence-corrected chi connectivity index (χ4v) is 2.16. The number of hydrogen-bond donors (Lipinski definition) is 0. The van der Waals surface area contributed by atoms with Crippen molar-refractivity contribution in [3.8, 4) is 5.75 Å². The third kappa shape index (κ3) is 4.42. The second kappa shape index (κ2) is 7.92. The van der Waals surface area contributed by atoms with Gasteiger partial charge >= 0.3 is 0 Å². The number of ether oxygens (including phenoxy) is 1. The molecule has 2 aromatic rings. The van der Waals surface area contributed by atoms with Crippen LogP contribution in [0.1, 0.15) is 15.9 Å². The van der Waals surface area contributed by atoms with E-state index in [1.165, 1.54) is 23.1 Å². The normalized spacial score (nSPS) is 10.0. The van der Waals surface area contributed by atoms with Crippen molar-refractivity contribution in [1.29, 1.82) is 0 Å². The molecule has 0 saturated heterocycles. The van der Waals surface area contributed by atoms with Crippen LogP contribution in [0.25, 0.3) is 0 Å². The number of nitro groups is 1. The summed E-state index contributed by atoms with van der Waals surface area (Å²) in [5.74, 6) is 0.456. The Morgan fingerprint density at radius 2 is 2.00 bits per heavy atom. The first-order valence-corrected chi connectivity index (χ1v) is 7.34. The highest BCUT2D eigenvalue weighted by molar-refractivity contribution is 5.94. The van der Waals surface area contributed by atoms with Gasteiger partial charge in [0.2, 0.25) is 0 Å². The van der Waals surface area contributed by atoms with Crippen LogP contribution in [0, 0.1) is 10.1 Å². The van der Waals surface area contributed by atoms with Crippen LogP contribution in [-0.4, -0.2) is 29.4 Å². The van der Waals surface area contributed by atoms with Crippen molar-refractivity contribution < 1.29 is 14.5 Å². The molecular weight excluding hydrogens is 308 g/mol. The number of nitro benzene ring substituents is 1. The van der Waals surface area contributed by atoms with Gasteiger partial charge in [-0.05, 0) is 23.8 Å². The summed E-state index contributed by atoms with van der Waals surface area (Å²) in [4.78, 5) is 24.2. The summed E-state index contributed by atoms with van der Waals surface area (Å²) < 4.78 is 5.41. The van der Waals surface area contributed by atoms with Gasteiger partial charge in [-0.1, -0.05) is 30.9 Å². The lowest BCUT2D eigenvalue weighted by molar-refractivity contribution is -0.384. The van der Waals surface area contributed by atoms with Crippen LogP contribution in [0.4, 0.5) is 5.69 Å². The molecule has 0 spiro atoms. The van der Waals surface area contributed by atoms with E-state index in [0.717, 1.165) is 11.3 Å². The molecule has 124 valence electrons. The van der Waals surface area contributed by atoms with Gasteiger partial charge in [-0.25, -0.2) is 0 Å². The average molecular weight is 326 g/mol. The van der Waals surface area contributed by atoms with E-state index in [2.05, 4.69) is 6.58 Å². The van der Waals surface area contributed by atoms with E-state index in [4.69, 9.17) is 4.74 Å². The lowest BCUT2D eigenvalue weighted by Crippen LogP contribution is -2.26. The van der Waals surface area contributed by atoms with Crippen LogP contribution in [-0.2, 0) is 6.54 Å². The maximum atomic E-state index is 12.4. The van der Waals surface area contributed by atoms with E-state index in [-0.39, 0.29) is 17.2 Å². The van der Waals surface area contributed by atoms with Gasteiger partial charge in [0.25, 0.3) is 11.6 Å². The van der Waals surface area contributed by atoms with Crippen molar-refractivity contribution >= 4 is 11.6 Å². The van der Waals surface area contributed by atoms with Gasteiger partial charge in [-0.2, -0.15) is 0 Å². The molecule has 1 amide bonds.